The van der Waals surface area contributed by atoms with Crippen LogP contribution < -0.4 is 15.5 Å². The van der Waals surface area contributed by atoms with Crippen molar-refractivity contribution in [2.45, 2.75) is 24.0 Å². The van der Waals surface area contributed by atoms with Crippen LogP contribution in [0.3, 0.4) is 0 Å². The molecule has 3 heterocycles. The Balaban J connectivity index is 1.54. The number of hydrogen-bond acceptors (Lipinski definition) is 8. The van der Waals surface area contributed by atoms with Crippen molar-refractivity contribution in [3.05, 3.63) is 53.6 Å². The highest BCUT2D eigenvalue weighted by atomic mass is 32.2. The van der Waals surface area contributed by atoms with E-state index in [0.717, 1.165) is 22.0 Å². The summed E-state index contributed by atoms with van der Waals surface area (Å²) >= 11 is 0. The van der Waals surface area contributed by atoms with Gasteiger partial charge >= 0.3 is 0 Å². The van der Waals surface area contributed by atoms with Crippen molar-refractivity contribution in [3.63, 3.8) is 0 Å². The molecule has 0 saturated carbocycles. The fourth-order valence-electron chi connectivity index (χ4n) is 4.03. The van der Waals surface area contributed by atoms with Gasteiger partial charge in [0.1, 0.15) is 11.4 Å². The summed E-state index contributed by atoms with van der Waals surface area (Å²) in [5, 5.41) is 17.7. The zero-order valence-corrected chi connectivity index (χ0v) is 18.1. The van der Waals surface area contributed by atoms with Crippen LogP contribution in [0.5, 0.6) is 0 Å². The van der Waals surface area contributed by atoms with E-state index in [1.807, 2.05) is 42.2 Å². The zero-order chi connectivity index (χ0) is 21.6. The summed E-state index contributed by atoms with van der Waals surface area (Å²) in [6.07, 6.45) is 0. The summed E-state index contributed by atoms with van der Waals surface area (Å²) in [5.74, 6) is 1.13. The Morgan fingerprint density at radius 1 is 1.19 bits per heavy atom. The molecule has 1 aromatic heterocycles. The molecule has 0 aliphatic carbocycles. The van der Waals surface area contributed by atoms with E-state index >= 15 is 0 Å². The van der Waals surface area contributed by atoms with Crippen molar-refractivity contribution >= 4 is 32.5 Å². The maximum atomic E-state index is 12.7. The van der Waals surface area contributed by atoms with Gasteiger partial charge in [-0.1, -0.05) is 29.8 Å². The van der Waals surface area contributed by atoms with Crippen LogP contribution in [-0.2, 0) is 16.4 Å². The molecule has 5 rings (SSSR count). The van der Waals surface area contributed by atoms with Gasteiger partial charge in [-0.25, -0.2) is 13.4 Å². The highest BCUT2D eigenvalue weighted by molar-refractivity contribution is 7.91. The Morgan fingerprint density at radius 2 is 2.00 bits per heavy atom. The van der Waals surface area contributed by atoms with Gasteiger partial charge < -0.3 is 20.6 Å². The van der Waals surface area contributed by atoms with Crippen LogP contribution in [0, 0.1) is 6.92 Å². The third-order valence-corrected chi connectivity index (χ3v) is 7.70. The summed E-state index contributed by atoms with van der Waals surface area (Å²) in [6, 6.07) is 13.1. The highest BCUT2D eigenvalue weighted by Crippen LogP contribution is 2.29. The summed E-state index contributed by atoms with van der Waals surface area (Å²) in [7, 11) is -3.36. The first kappa shape index (κ1) is 20.2. The number of rotatable bonds is 4. The molecule has 0 unspecified atom stereocenters. The number of aromatic nitrogens is 2. The molecule has 1 saturated heterocycles. The Labute approximate surface area is 181 Å². The number of nitrogens with zero attached hydrogens (tertiary/aromatic N) is 3. The van der Waals surface area contributed by atoms with E-state index in [1.54, 1.807) is 12.1 Å². The van der Waals surface area contributed by atoms with E-state index in [0.29, 0.717) is 49.4 Å². The number of nitrogens with one attached hydrogen (secondary N) is 2. The molecule has 9 heteroatoms. The first-order chi connectivity index (χ1) is 14.8. The number of fused-ring (bicyclic) bond motifs is 2. The lowest BCUT2D eigenvalue weighted by Crippen LogP contribution is -2.63. The first-order valence-corrected chi connectivity index (χ1v) is 12.0. The Bertz CT molecular complexity index is 1260. The number of benzene rings is 2. The quantitative estimate of drug-likeness (QED) is 0.561. The second kappa shape index (κ2) is 7.44. The predicted octanol–water partition coefficient (Wildman–Crippen LogP) is 1.48. The maximum absolute atomic E-state index is 12.7. The Kier molecular flexibility index (Phi) is 4.84. The number of hydrogen-bond donors (Lipinski definition) is 3. The SMILES string of the molecule is Cc1ccc2nc(N3CCS(=O)(=O)c4ccccc4C3)nc(NCC3(O)CNC3)c2c1. The second-order valence-corrected chi connectivity index (χ2v) is 10.5. The predicted molar refractivity (Wildman–Crippen MR) is 120 cm³/mol. The second-order valence-electron chi connectivity index (χ2n) is 8.42. The normalized spacial score (nSPS) is 19.4. The molecule has 0 spiro atoms. The van der Waals surface area contributed by atoms with Crippen molar-refractivity contribution in [1.82, 2.24) is 15.3 Å². The minimum absolute atomic E-state index is 0.00743. The molecule has 31 heavy (non-hydrogen) atoms. The largest absolute Gasteiger partial charge is 0.385 e. The summed E-state index contributed by atoms with van der Waals surface area (Å²) in [6.45, 7) is 4.18. The molecule has 2 aliphatic rings. The molecule has 8 nitrogen and oxygen atoms in total. The van der Waals surface area contributed by atoms with Crippen molar-refractivity contribution in [2.24, 2.45) is 0 Å². The van der Waals surface area contributed by atoms with Gasteiger partial charge in [-0.3, -0.25) is 0 Å². The van der Waals surface area contributed by atoms with E-state index < -0.39 is 15.4 Å². The van der Waals surface area contributed by atoms with Crippen LogP contribution in [0.4, 0.5) is 11.8 Å². The summed E-state index contributed by atoms with van der Waals surface area (Å²) in [5.41, 5.74) is 1.82. The van der Waals surface area contributed by atoms with Gasteiger partial charge in [0.2, 0.25) is 5.95 Å². The minimum atomic E-state index is -3.36. The zero-order valence-electron chi connectivity index (χ0n) is 17.3. The minimum Gasteiger partial charge on any atom is -0.385 e. The average Bonchev–Trinajstić information content (AvgIpc) is 2.87. The molecule has 3 N–H and O–H groups in total. The van der Waals surface area contributed by atoms with Gasteiger partial charge in [0.15, 0.2) is 9.84 Å². The molecule has 0 atom stereocenters. The highest BCUT2D eigenvalue weighted by Gasteiger charge is 2.34. The molecular formula is C22H25N5O3S. The van der Waals surface area contributed by atoms with E-state index in [2.05, 4.69) is 10.6 Å². The fraction of sp³-hybridized carbons (Fsp3) is 0.364. The molecule has 1 fully saturated rings. The van der Waals surface area contributed by atoms with Crippen molar-refractivity contribution in [1.29, 1.82) is 0 Å². The molecule has 0 bridgehead atoms. The van der Waals surface area contributed by atoms with Gasteiger partial charge in [-0.2, -0.15) is 4.98 Å². The van der Waals surface area contributed by atoms with Gasteiger partial charge in [0, 0.05) is 38.1 Å². The monoisotopic (exact) mass is 439 g/mol. The van der Waals surface area contributed by atoms with Crippen LogP contribution >= 0.6 is 0 Å². The average molecular weight is 440 g/mol. The third kappa shape index (κ3) is 3.84. The third-order valence-electron chi connectivity index (χ3n) is 5.91. The number of β-amino-alcohol motifs (C(OH)–C–C–N with tert-alkyl or cyclic N) is 1. The first-order valence-electron chi connectivity index (χ1n) is 10.3. The number of aryl methyl sites for hydroxylation is 1. The van der Waals surface area contributed by atoms with Gasteiger partial charge in [0.25, 0.3) is 0 Å². The van der Waals surface area contributed by atoms with E-state index in [1.165, 1.54) is 0 Å². The van der Waals surface area contributed by atoms with E-state index in [4.69, 9.17) is 9.97 Å². The molecule has 0 radical (unpaired) electrons. The maximum Gasteiger partial charge on any atom is 0.228 e. The van der Waals surface area contributed by atoms with Gasteiger partial charge in [-0.15, -0.1) is 0 Å². The lowest BCUT2D eigenvalue weighted by atomic mass is 9.97. The molecule has 162 valence electrons. The lowest BCUT2D eigenvalue weighted by Gasteiger charge is -2.37. The van der Waals surface area contributed by atoms with Crippen molar-refractivity contribution in [2.75, 3.05) is 42.1 Å². The van der Waals surface area contributed by atoms with E-state index in [-0.39, 0.29) is 5.75 Å². The molecule has 2 aromatic carbocycles. The van der Waals surface area contributed by atoms with Crippen molar-refractivity contribution < 1.29 is 13.5 Å². The lowest BCUT2D eigenvalue weighted by molar-refractivity contribution is 0.00308. The standard InChI is InChI=1S/C22H25N5O3S/c1-15-6-7-18-17(10-15)20(24-14-22(28)12-23-13-22)26-21(25-18)27-8-9-31(29,30)19-5-3-2-4-16(19)11-27/h2-7,10,23,28H,8-9,11-14H2,1H3,(H,24,25,26). The number of sulfone groups is 1. The number of aliphatic hydroxyl groups is 1. The van der Waals surface area contributed by atoms with E-state index in [9.17, 15) is 13.5 Å². The summed E-state index contributed by atoms with van der Waals surface area (Å²) < 4.78 is 25.5. The van der Waals surface area contributed by atoms with Crippen LogP contribution in [-0.4, -0.2) is 61.0 Å². The molecule has 3 aromatic rings. The smallest absolute Gasteiger partial charge is 0.228 e. The Morgan fingerprint density at radius 3 is 2.77 bits per heavy atom. The molecule has 2 aliphatic heterocycles. The van der Waals surface area contributed by atoms with Crippen molar-refractivity contribution in [3.8, 4) is 0 Å². The van der Waals surface area contributed by atoms with Crippen LogP contribution in [0.25, 0.3) is 10.9 Å². The van der Waals surface area contributed by atoms with Crippen LogP contribution in [0.2, 0.25) is 0 Å². The Hall–Kier alpha value is -2.75. The topological polar surface area (TPSA) is 107 Å². The van der Waals surface area contributed by atoms with Gasteiger partial charge in [-0.05, 0) is 30.7 Å². The van der Waals surface area contributed by atoms with Gasteiger partial charge in [0.05, 0.1) is 16.2 Å². The number of anilines is 2. The fourth-order valence-corrected chi connectivity index (χ4v) is 5.53. The molecule has 0 amide bonds. The van der Waals surface area contributed by atoms with Crippen LogP contribution in [0.15, 0.2) is 47.4 Å². The molecular weight excluding hydrogens is 414 g/mol. The summed E-state index contributed by atoms with van der Waals surface area (Å²) in [4.78, 5) is 11.8. The van der Waals surface area contributed by atoms with Crippen LogP contribution in [0.1, 0.15) is 11.1 Å².